The first-order chi connectivity index (χ1) is 28.2. The van der Waals surface area contributed by atoms with E-state index < -0.39 is 0 Å². The van der Waals surface area contributed by atoms with Gasteiger partial charge in [0.25, 0.3) is 0 Å². The van der Waals surface area contributed by atoms with Crippen LogP contribution in [-0.4, -0.2) is 0 Å². The van der Waals surface area contributed by atoms with Crippen molar-refractivity contribution in [2.45, 2.75) is 0 Å². The van der Waals surface area contributed by atoms with Crippen molar-refractivity contribution >= 4 is 60.9 Å². The Morgan fingerprint density at radius 1 is 0.281 bits per heavy atom. The van der Waals surface area contributed by atoms with Crippen LogP contribution in [0.1, 0.15) is 0 Å². The second-order valence-electron chi connectivity index (χ2n) is 14.5. The number of furan rings is 2. The van der Waals surface area contributed by atoms with Crippen LogP contribution < -0.4 is 4.90 Å². The van der Waals surface area contributed by atoms with E-state index in [9.17, 15) is 0 Å². The first-order valence-electron chi connectivity index (χ1n) is 19.3. The van der Waals surface area contributed by atoms with Crippen molar-refractivity contribution in [2.75, 3.05) is 4.90 Å². The van der Waals surface area contributed by atoms with E-state index in [0.717, 1.165) is 105 Å². The molecule has 0 saturated heterocycles. The Hall–Kier alpha value is -7.62. The molecule has 3 nitrogen and oxygen atoms in total. The van der Waals surface area contributed by atoms with E-state index in [1.807, 2.05) is 18.2 Å². The summed E-state index contributed by atoms with van der Waals surface area (Å²) < 4.78 is 13.3. The number of fused-ring (bicyclic) bond motifs is 6. The highest BCUT2D eigenvalue weighted by Gasteiger charge is 2.22. The van der Waals surface area contributed by atoms with Crippen LogP contribution in [0, 0.1) is 0 Å². The van der Waals surface area contributed by atoms with Crippen LogP contribution in [0.4, 0.5) is 17.1 Å². The molecule has 3 heteroatoms. The lowest BCUT2D eigenvalue weighted by atomic mass is 9.97. The van der Waals surface area contributed by atoms with Gasteiger partial charge in [0.15, 0.2) is 5.58 Å². The van der Waals surface area contributed by atoms with Crippen molar-refractivity contribution in [1.82, 2.24) is 0 Å². The molecule has 57 heavy (non-hydrogen) atoms. The molecule has 0 unspecified atom stereocenters. The van der Waals surface area contributed by atoms with E-state index in [-0.39, 0.29) is 0 Å². The Morgan fingerprint density at radius 2 is 0.825 bits per heavy atom. The van der Waals surface area contributed by atoms with E-state index in [4.69, 9.17) is 8.83 Å². The summed E-state index contributed by atoms with van der Waals surface area (Å²) >= 11 is 0. The van der Waals surface area contributed by atoms with E-state index in [0.29, 0.717) is 0 Å². The van der Waals surface area contributed by atoms with Crippen LogP contribution in [-0.2, 0) is 0 Å². The zero-order valence-corrected chi connectivity index (χ0v) is 31.0. The Morgan fingerprint density at radius 3 is 1.53 bits per heavy atom. The molecule has 0 aliphatic carbocycles. The average Bonchev–Trinajstić information content (AvgIpc) is 3.86. The van der Waals surface area contributed by atoms with Gasteiger partial charge < -0.3 is 13.7 Å². The lowest BCUT2D eigenvalue weighted by molar-refractivity contribution is 0.669. The van der Waals surface area contributed by atoms with E-state index in [2.05, 4.69) is 199 Å². The fourth-order valence-electron chi connectivity index (χ4n) is 8.30. The Balaban J connectivity index is 1.12. The minimum atomic E-state index is 0.835. The van der Waals surface area contributed by atoms with Gasteiger partial charge in [-0.25, -0.2) is 0 Å². The van der Waals surface area contributed by atoms with Gasteiger partial charge in [0.1, 0.15) is 16.7 Å². The molecular weight excluding hydrogens is 695 g/mol. The molecule has 0 N–H and O–H groups in total. The van der Waals surface area contributed by atoms with Gasteiger partial charge in [-0.05, 0) is 93.5 Å². The van der Waals surface area contributed by atoms with Crippen molar-refractivity contribution in [3.63, 3.8) is 0 Å². The number of hydrogen-bond donors (Lipinski definition) is 0. The maximum Gasteiger partial charge on any atom is 0.159 e. The Labute approximate surface area is 330 Å². The first-order valence-corrected chi connectivity index (χ1v) is 19.3. The molecule has 0 amide bonds. The number of para-hydroxylation sites is 3. The summed E-state index contributed by atoms with van der Waals surface area (Å²) in [5, 5.41) is 4.42. The van der Waals surface area contributed by atoms with Gasteiger partial charge in [-0.2, -0.15) is 0 Å². The summed E-state index contributed by atoms with van der Waals surface area (Å²) in [6, 6.07) is 75.1. The van der Waals surface area contributed by atoms with Gasteiger partial charge in [-0.1, -0.05) is 158 Å². The number of hydrogen-bond acceptors (Lipinski definition) is 3. The van der Waals surface area contributed by atoms with Crippen molar-refractivity contribution < 1.29 is 8.83 Å². The summed E-state index contributed by atoms with van der Waals surface area (Å²) in [5.41, 5.74) is 15.5. The van der Waals surface area contributed by atoms with Crippen LogP contribution in [0.15, 0.2) is 221 Å². The zero-order chi connectivity index (χ0) is 37.7. The average molecular weight is 730 g/mol. The lowest BCUT2D eigenvalue weighted by Crippen LogP contribution is -2.10. The number of benzene rings is 9. The summed E-state index contributed by atoms with van der Waals surface area (Å²) in [6.45, 7) is 0. The highest BCUT2D eigenvalue weighted by molar-refractivity contribution is 6.13. The summed E-state index contributed by atoms with van der Waals surface area (Å²) in [5.74, 6) is 0. The maximum absolute atomic E-state index is 7.03. The summed E-state index contributed by atoms with van der Waals surface area (Å²) in [7, 11) is 0. The summed E-state index contributed by atoms with van der Waals surface area (Å²) in [4.78, 5) is 2.35. The van der Waals surface area contributed by atoms with Gasteiger partial charge >= 0.3 is 0 Å². The molecule has 0 aliphatic rings. The molecule has 0 fully saturated rings. The first kappa shape index (κ1) is 32.8. The Bertz CT molecular complexity index is 3160. The van der Waals surface area contributed by atoms with Crippen LogP contribution in [0.3, 0.4) is 0 Å². The zero-order valence-electron chi connectivity index (χ0n) is 31.0. The monoisotopic (exact) mass is 729 g/mol. The van der Waals surface area contributed by atoms with Gasteiger partial charge in [0.05, 0.1) is 5.69 Å². The molecule has 0 bridgehead atoms. The van der Waals surface area contributed by atoms with Crippen LogP contribution >= 0.6 is 0 Å². The maximum atomic E-state index is 7.03. The predicted molar refractivity (Wildman–Crippen MR) is 237 cm³/mol. The molecular formula is C54H35NO2. The van der Waals surface area contributed by atoms with Crippen molar-refractivity contribution in [3.05, 3.63) is 212 Å². The topological polar surface area (TPSA) is 29.5 Å². The smallest absolute Gasteiger partial charge is 0.159 e. The standard InChI is InChI=1S/C54H35NO2/c1-4-14-36(15-5-1)41-32-42(37-16-6-2-7-17-37)34-44(33-41)55(43-29-26-38(27-30-43)40-28-31-47-46-20-10-11-25-51(46)56-52(47)35-40)50-24-13-23-49-48-22-12-21-45(53(48)57-54(49)50)39-18-8-3-9-19-39/h1-35H. The highest BCUT2D eigenvalue weighted by Crippen LogP contribution is 2.46. The fourth-order valence-corrected chi connectivity index (χ4v) is 8.30. The van der Waals surface area contributed by atoms with Gasteiger partial charge in [0, 0.05) is 38.5 Å². The largest absolute Gasteiger partial charge is 0.456 e. The van der Waals surface area contributed by atoms with E-state index in [1.165, 1.54) is 0 Å². The van der Waals surface area contributed by atoms with Crippen molar-refractivity contribution in [2.24, 2.45) is 0 Å². The molecule has 0 spiro atoms. The number of nitrogens with zero attached hydrogens (tertiary/aromatic N) is 1. The third-order valence-electron chi connectivity index (χ3n) is 11.1. The summed E-state index contributed by atoms with van der Waals surface area (Å²) in [6.07, 6.45) is 0. The number of rotatable bonds is 7. The van der Waals surface area contributed by atoms with Crippen LogP contribution in [0.25, 0.3) is 88.4 Å². The molecule has 9 aromatic carbocycles. The SMILES string of the molecule is c1ccc(-c2cc(-c3ccccc3)cc(N(c3ccc(-c4ccc5c(c4)oc4ccccc45)cc3)c3cccc4c3oc3c(-c5ccccc5)cccc34)c2)cc1. The lowest BCUT2D eigenvalue weighted by Gasteiger charge is -2.27. The molecule has 0 saturated carbocycles. The van der Waals surface area contributed by atoms with E-state index >= 15 is 0 Å². The minimum Gasteiger partial charge on any atom is -0.456 e. The predicted octanol–water partition coefficient (Wildman–Crippen LogP) is 15.6. The second-order valence-corrected chi connectivity index (χ2v) is 14.5. The van der Waals surface area contributed by atoms with Crippen molar-refractivity contribution in [3.8, 4) is 44.5 Å². The quantitative estimate of drug-likeness (QED) is 0.164. The number of anilines is 3. The van der Waals surface area contributed by atoms with Crippen molar-refractivity contribution in [1.29, 1.82) is 0 Å². The third kappa shape index (κ3) is 5.76. The van der Waals surface area contributed by atoms with Gasteiger partial charge in [-0.15, -0.1) is 0 Å². The molecule has 0 radical (unpaired) electrons. The molecule has 2 heterocycles. The fraction of sp³-hybridized carbons (Fsp3) is 0. The minimum absolute atomic E-state index is 0.835. The molecule has 0 aliphatic heterocycles. The normalized spacial score (nSPS) is 11.5. The van der Waals surface area contributed by atoms with E-state index in [1.54, 1.807) is 0 Å². The molecule has 2 aromatic heterocycles. The molecule has 268 valence electrons. The third-order valence-corrected chi connectivity index (χ3v) is 11.1. The second kappa shape index (κ2) is 13.6. The van der Waals surface area contributed by atoms with Crippen LogP contribution in [0.5, 0.6) is 0 Å². The van der Waals surface area contributed by atoms with Gasteiger partial charge in [-0.3, -0.25) is 0 Å². The molecule has 11 rings (SSSR count). The van der Waals surface area contributed by atoms with Gasteiger partial charge in [0.2, 0.25) is 0 Å². The Kier molecular flexibility index (Phi) is 7.82. The molecule has 11 aromatic rings. The molecule has 0 atom stereocenters. The highest BCUT2D eigenvalue weighted by atomic mass is 16.3. The van der Waals surface area contributed by atoms with Crippen LogP contribution in [0.2, 0.25) is 0 Å².